The minimum absolute atomic E-state index is 0.0256. The van der Waals surface area contributed by atoms with Crippen LogP contribution in [0.2, 0.25) is 0 Å². The number of allylic oxidation sites excluding steroid dienone is 1. The van der Waals surface area contributed by atoms with Gasteiger partial charge in [-0.05, 0) is 61.3 Å². The third kappa shape index (κ3) is 3.06. The lowest BCUT2D eigenvalue weighted by Crippen LogP contribution is -2.74. The van der Waals surface area contributed by atoms with E-state index in [1.165, 1.54) is 6.92 Å². The molecule has 6 atom stereocenters. The maximum atomic E-state index is 14.7. The summed E-state index contributed by atoms with van der Waals surface area (Å²) in [4.78, 5) is 41.6. The Morgan fingerprint density at radius 3 is 2.10 bits per heavy atom. The van der Waals surface area contributed by atoms with Gasteiger partial charge in [-0.15, -0.1) is 0 Å². The fraction of sp³-hybridized carbons (Fsp3) is 0.618. The normalized spacial score (nSPS) is 37.0. The summed E-state index contributed by atoms with van der Waals surface area (Å²) in [5, 5.41) is 36.0. The Bertz CT molecular complexity index is 1420. The van der Waals surface area contributed by atoms with Gasteiger partial charge in [0.1, 0.15) is 11.5 Å². The first kappa shape index (κ1) is 28.8. The molecular weight excluding hydrogens is 504 g/mol. The minimum atomic E-state index is -2.54. The Kier molecular flexibility index (Phi) is 6.22. The fourth-order valence-corrected chi connectivity index (χ4v) is 9.79. The topological polar surface area (TPSA) is 112 Å². The Labute approximate surface area is 237 Å². The Hall–Kier alpha value is -2.73. The van der Waals surface area contributed by atoms with Gasteiger partial charge in [0.25, 0.3) is 0 Å². The molecule has 2 fully saturated rings. The summed E-state index contributed by atoms with van der Waals surface area (Å²) in [6.45, 7) is 16.8. The highest BCUT2D eigenvalue weighted by molar-refractivity contribution is 6.33. The van der Waals surface area contributed by atoms with Crippen LogP contribution in [-0.4, -0.2) is 38.3 Å². The number of aliphatic hydroxyl groups is 2. The average molecular weight is 549 g/mol. The first-order valence-electron chi connectivity index (χ1n) is 14.8. The third-order valence-electron chi connectivity index (χ3n) is 12.2. The molecule has 0 bridgehead atoms. The van der Waals surface area contributed by atoms with Crippen molar-refractivity contribution in [2.75, 3.05) is 0 Å². The lowest BCUT2D eigenvalue weighted by molar-refractivity contribution is -0.194. The van der Waals surface area contributed by atoms with E-state index in [9.17, 15) is 29.7 Å². The predicted octanol–water partition coefficient (Wildman–Crippen LogP) is 6.33. The number of ketones is 3. The molecule has 0 aromatic heterocycles. The van der Waals surface area contributed by atoms with Gasteiger partial charge in [-0.25, -0.2) is 0 Å². The summed E-state index contributed by atoms with van der Waals surface area (Å²) < 4.78 is 0. The van der Waals surface area contributed by atoms with Crippen LogP contribution in [-0.2, 0) is 19.8 Å². The van der Waals surface area contributed by atoms with Crippen molar-refractivity contribution in [3.63, 3.8) is 0 Å². The van der Waals surface area contributed by atoms with Gasteiger partial charge in [-0.1, -0.05) is 79.0 Å². The summed E-state index contributed by atoms with van der Waals surface area (Å²) in [6, 6.07) is 3.94. The molecule has 0 unspecified atom stereocenters. The largest absolute Gasteiger partial charge is 0.507 e. The van der Waals surface area contributed by atoms with Crippen LogP contribution in [0.4, 0.5) is 0 Å². The van der Waals surface area contributed by atoms with E-state index in [2.05, 4.69) is 6.92 Å². The molecule has 4 aliphatic rings. The number of benzene rings is 1. The number of phenols is 1. The van der Waals surface area contributed by atoms with E-state index in [1.807, 2.05) is 46.8 Å². The van der Waals surface area contributed by atoms with Gasteiger partial charge in [0.05, 0.1) is 11.1 Å². The molecular formula is C34H44O6. The van der Waals surface area contributed by atoms with Gasteiger partial charge >= 0.3 is 0 Å². The fourth-order valence-electron chi connectivity index (χ4n) is 9.79. The van der Waals surface area contributed by atoms with Gasteiger partial charge in [-0.3, -0.25) is 14.4 Å². The minimum Gasteiger partial charge on any atom is -0.507 e. The summed E-state index contributed by atoms with van der Waals surface area (Å²) >= 11 is 0. The van der Waals surface area contributed by atoms with E-state index in [0.717, 1.165) is 36.8 Å². The number of fused-ring (bicyclic) bond motifs is 3. The first-order chi connectivity index (χ1) is 18.4. The van der Waals surface area contributed by atoms with Crippen molar-refractivity contribution in [2.45, 2.75) is 105 Å². The second kappa shape index (κ2) is 8.64. The molecule has 0 aliphatic heterocycles. The Morgan fingerprint density at radius 2 is 1.57 bits per heavy atom. The SMILES string of the molecule is CC(=O)C1=C(C)[C@@H](C(C)C)[C@]2(C)[C@@H](C)[C@@]3(C)C(=C(O)c4c(ccc(C5(C)CCCC5)c4O)[C@@H]3C)C(=O)[C@]2(O)C1=O. The third-order valence-corrected chi connectivity index (χ3v) is 12.2. The molecule has 216 valence electrons. The molecule has 3 N–H and O–H groups in total. The van der Waals surface area contributed by atoms with Crippen molar-refractivity contribution in [3.05, 3.63) is 45.5 Å². The molecule has 0 spiro atoms. The van der Waals surface area contributed by atoms with E-state index < -0.39 is 45.6 Å². The molecule has 4 aliphatic carbocycles. The maximum Gasteiger partial charge on any atom is 0.206 e. The van der Waals surface area contributed by atoms with Crippen molar-refractivity contribution in [3.8, 4) is 5.75 Å². The summed E-state index contributed by atoms with van der Waals surface area (Å²) in [5.74, 6) is -3.91. The molecule has 0 amide bonds. The zero-order chi connectivity index (χ0) is 29.9. The second-order valence-electron chi connectivity index (χ2n) is 14.1. The Balaban J connectivity index is 1.85. The van der Waals surface area contributed by atoms with E-state index >= 15 is 0 Å². The van der Waals surface area contributed by atoms with Gasteiger partial charge < -0.3 is 15.3 Å². The Morgan fingerprint density at radius 1 is 1.00 bits per heavy atom. The van der Waals surface area contributed by atoms with E-state index in [1.54, 1.807) is 13.8 Å². The van der Waals surface area contributed by atoms with Crippen LogP contribution in [0, 0.1) is 28.6 Å². The zero-order valence-electron chi connectivity index (χ0n) is 25.4. The number of carbonyl (C=O) groups excluding carboxylic acids is 3. The smallest absolute Gasteiger partial charge is 0.206 e. The summed E-state index contributed by atoms with van der Waals surface area (Å²) in [6.07, 6.45) is 3.95. The number of rotatable bonds is 3. The van der Waals surface area contributed by atoms with Crippen LogP contribution in [0.15, 0.2) is 28.9 Å². The molecule has 0 radical (unpaired) electrons. The number of Topliss-reactive ketones (excluding diaryl/α,β-unsaturated/α-hetero) is 3. The van der Waals surface area contributed by atoms with Gasteiger partial charge in [0, 0.05) is 22.0 Å². The number of phenolic OH excluding ortho intramolecular Hbond substituents is 1. The summed E-state index contributed by atoms with van der Waals surface area (Å²) in [7, 11) is 0. The molecule has 0 heterocycles. The van der Waals surface area contributed by atoms with Crippen molar-refractivity contribution < 1.29 is 29.7 Å². The van der Waals surface area contributed by atoms with Crippen LogP contribution in [0.25, 0.3) is 5.76 Å². The quantitative estimate of drug-likeness (QED) is 0.300. The van der Waals surface area contributed by atoms with Crippen LogP contribution < -0.4 is 0 Å². The van der Waals surface area contributed by atoms with Crippen molar-refractivity contribution in [2.24, 2.45) is 28.6 Å². The van der Waals surface area contributed by atoms with Crippen LogP contribution in [0.5, 0.6) is 5.75 Å². The molecule has 2 saturated carbocycles. The number of carbonyl (C=O) groups is 3. The number of hydrogen-bond acceptors (Lipinski definition) is 6. The standard InChI is InChI=1S/C34H44O6/c1-16(2)25-17(3)23(19(5)35)29(38)34(40)30(39)26-28(37)24-21(18(4)32(26,8)20(6)33(25,34)9)12-13-22(27(24)36)31(7)14-10-11-15-31/h12-13,16,18,20,25,36-37,40H,10-11,14-15H2,1-9H3/t18-,20-,25+,32-,33-,34+/m0/s1. The van der Waals surface area contributed by atoms with Gasteiger partial charge in [0.15, 0.2) is 11.4 Å². The molecule has 5 rings (SSSR count). The predicted molar refractivity (Wildman–Crippen MR) is 154 cm³/mol. The van der Waals surface area contributed by atoms with Crippen molar-refractivity contribution >= 4 is 23.1 Å². The molecule has 6 nitrogen and oxygen atoms in total. The maximum absolute atomic E-state index is 14.7. The second-order valence-corrected chi connectivity index (χ2v) is 14.1. The number of hydrogen-bond donors (Lipinski definition) is 3. The van der Waals surface area contributed by atoms with Crippen molar-refractivity contribution in [1.82, 2.24) is 0 Å². The lowest BCUT2D eigenvalue weighted by Gasteiger charge is -2.65. The molecule has 1 aromatic rings. The first-order valence-corrected chi connectivity index (χ1v) is 14.8. The number of aliphatic hydroxyl groups excluding tert-OH is 1. The highest BCUT2D eigenvalue weighted by Crippen LogP contribution is 2.70. The highest BCUT2D eigenvalue weighted by atomic mass is 16.3. The zero-order valence-corrected chi connectivity index (χ0v) is 25.4. The molecule has 0 saturated heterocycles. The highest BCUT2D eigenvalue weighted by Gasteiger charge is 2.75. The van der Waals surface area contributed by atoms with E-state index in [0.29, 0.717) is 5.57 Å². The monoisotopic (exact) mass is 548 g/mol. The van der Waals surface area contributed by atoms with E-state index in [-0.39, 0.29) is 45.5 Å². The molecule has 6 heteroatoms. The van der Waals surface area contributed by atoms with Crippen LogP contribution in [0.3, 0.4) is 0 Å². The van der Waals surface area contributed by atoms with Gasteiger partial charge in [-0.2, -0.15) is 0 Å². The summed E-state index contributed by atoms with van der Waals surface area (Å²) in [5.41, 5.74) is -2.80. The van der Waals surface area contributed by atoms with Crippen LogP contribution in [0.1, 0.15) is 111 Å². The van der Waals surface area contributed by atoms with Crippen LogP contribution >= 0.6 is 0 Å². The lowest BCUT2D eigenvalue weighted by atomic mass is 9.37. The number of aromatic hydroxyl groups is 1. The van der Waals surface area contributed by atoms with Crippen molar-refractivity contribution in [1.29, 1.82) is 0 Å². The molecule has 40 heavy (non-hydrogen) atoms. The van der Waals surface area contributed by atoms with E-state index in [4.69, 9.17) is 0 Å². The molecule has 1 aromatic carbocycles. The average Bonchev–Trinajstić information content (AvgIpc) is 3.31. The van der Waals surface area contributed by atoms with Gasteiger partial charge in [0.2, 0.25) is 11.6 Å².